The van der Waals surface area contributed by atoms with Crippen LogP contribution >= 0.6 is 0 Å². The molecule has 4 saturated carbocycles. The number of carbonyl (C=O) groups excluding carboxylic acids is 1. The number of carbonyl (C=O) groups is 1. The first kappa shape index (κ1) is 13.2. The zero-order valence-electron chi connectivity index (χ0n) is 12.7. The predicted octanol–water partition coefficient (Wildman–Crippen LogP) is 3.96. The highest BCUT2D eigenvalue weighted by Crippen LogP contribution is 2.87. The zero-order valence-corrected chi connectivity index (χ0v) is 12.7. The molecule has 0 heterocycles. The van der Waals surface area contributed by atoms with Crippen LogP contribution in [0.15, 0.2) is 11.6 Å². The van der Waals surface area contributed by atoms with E-state index in [1.807, 2.05) is 0 Å². The van der Waals surface area contributed by atoms with Crippen LogP contribution in [0.25, 0.3) is 0 Å². The Balaban J connectivity index is 1.53. The molecule has 0 amide bonds. The molecule has 2 heteroatoms. The molecule has 0 aliphatic heterocycles. The molecule has 0 N–H and O–H groups in total. The van der Waals surface area contributed by atoms with Crippen LogP contribution in [0, 0.1) is 28.6 Å². The lowest BCUT2D eigenvalue weighted by Crippen LogP contribution is -2.26. The average Bonchev–Trinajstić information content (AvgIpc) is 2.71. The van der Waals surface area contributed by atoms with Gasteiger partial charge >= 0.3 is 5.97 Å². The number of hydrogen-bond acceptors (Lipinski definition) is 2. The number of allylic oxidation sites excluding steroid dienone is 1. The Labute approximate surface area is 116 Å². The Bertz CT molecular complexity index is 425. The summed E-state index contributed by atoms with van der Waals surface area (Å²) in [4.78, 5) is 10.8. The van der Waals surface area contributed by atoms with Crippen LogP contribution in [0.1, 0.15) is 53.4 Å². The third-order valence-corrected chi connectivity index (χ3v) is 6.79. The Morgan fingerprint density at radius 2 is 1.89 bits per heavy atom. The van der Waals surface area contributed by atoms with E-state index >= 15 is 0 Å². The normalized spacial score (nSPS) is 46.5. The van der Waals surface area contributed by atoms with E-state index in [0.29, 0.717) is 17.4 Å². The van der Waals surface area contributed by atoms with E-state index in [2.05, 4.69) is 26.8 Å². The smallest absolute Gasteiger partial charge is 0.302 e. The highest BCUT2D eigenvalue weighted by Gasteiger charge is 2.80. The highest BCUT2D eigenvalue weighted by atomic mass is 16.5. The summed E-state index contributed by atoms with van der Waals surface area (Å²) in [5.74, 6) is 2.89. The second-order valence-electron chi connectivity index (χ2n) is 7.45. The van der Waals surface area contributed by atoms with Crippen molar-refractivity contribution in [2.45, 2.75) is 53.4 Å². The summed E-state index contributed by atoms with van der Waals surface area (Å²) >= 11 is 0. The fourth-order valence-corrected chi connectivity index (χ4v) is 5.40. The van der Waals surface area contributed by atoms with Gasteiger partial charge in [-0.05, 0) is 66.8 Å². The third kappa shape index (κ3) is 1.71. The fourth-order valence-electron chi connectivity index (χ4n) is 5.40. The van der Waals surface area contributed by atoms with Crippen molar-refractivity contribution in [3.63, 3.8) is 0 Å². The van der Waals surface area contributed by atoms with Crippen LogP contribution in [0.2, 0.25) is 0 Å². The number of esters is 1. The second kappa shape index (κ2) is 4.10. The molecule has 4 rings (SSSR count). The van der Waals surface area contributed by atoms with Crippen molar-refractivity contribution in [3.8, 4) is 0 Å². The first-order valence-corrected chi connectivity index (χ1v) is 7.68. The van der Waals surface area contributed by atoms with E-state index in [0.717, 1.165) is 24.2 Å². The van der Waals surface area contributed by atoms with Crippen molar-refractivity contribution in [2.24, 2.45) is 28.6 Å². The molecule has 19 heavy (non-hydrogen) atoms. The third-order valence-electron chi connectivity index (χ3n) is 6.79. The predicted molar refractivity (Wildman–Crippen MR) is 75.5 cm³/mol. The molecule has 4 aliphatic carbocycles. The maximum Gasteiger partial charge on any atom is 0.302 e. The fraction of sp³-hybridized carbons (Fsp3) is 0.824. The Kier molecular flexibility index (Phi) is 2.85. The van der Waals surface area contributed by atoms with Gasteiger partial charge in [-0.1, -0.05) is 19.9 Å². The van der Waals surface area contributed by atoms with Crippen LogP contribution in [0.5, 0.6) is 0 Å². The molecule has 4 fully saturated rings. The maximum atomic E-state index is 10.8. The van der Waals surface area contributed by atoms with Crippen LogP contribution in [-0.2, 0) is 9.53 Å². The van der Waals surface area contributed by atoms with Crippen LogP contribution in [0.4, 0.5) is 0 Å². The number of rotatable bonds is 5. The summed E-state index contributed by atoms with van der Waals surface area (Å²) in [7, 11) is 0. The van der Waals surface area contributed by atoms with Gasteiger partial charge in [-0.3, -0.25) is 4.79 Å². The molecule has 0 radical (unpaired) electrons. The van der Waals surface area contributed by atoms with E-state index in [4.69, 9.17) is 4.74 Å². The van der Waals surface area contributed by atoms with Gasteiger partial charge in [-0.25, -0.2) is 0 Å². The second-order valence-corrected chi connectivity index (χ2v) is 7.45. The van der Waals surface area contributed by atoms with Crippen LogP contribution in [-0.4, -0.2) is 12.6 Å². The zero-order chi connectivity index (χ0) is 13.8. The van der Waals surface area contributed by atoms with Crippen molar-refractivity contribution >= 4 is 5.97 Å². The average molecular weight is 262 g/mol. The van der Waals surface area contributed by atoms with Gasteiger partial charge in [0.25, 0.3) is 0 Å². The monoisotopic (exact) mass is 262 g/mol. The van der Waals surface area contributed by atoms with E-state index < -0.39 is 0 Å². The van der Waals surface area contributed by atoms with Crippen molar-refractivity contribution in [3.05, 3.63) is 11.6 Å². The molecule has 4 bridgehead atoms. The van der Waals surface area contributed by atoms with Crippen molar-refractivity contribution in [1.82, 2.24) is 0 Å². The summed E-state index contributed by atoms with van der Waals surface area (Å²) in [5.41, 5.74) is 2.41. The van der Waals surface area contributed by atoms with E-state index in [9.17, 15) is 4.79 Å². The highest BCUT2D eigenvalue weighted by molar-refractivity contribution is 5.66. The molecular formula is C17H26O2. The lowest BCUT2D eigenvalue weighted by molar-refractivity contribution is -0.139. The van der Waals surface area contributed by atoms with Gasteiger partial charge in [-0.15, -0.1) is 0 Å². The molecule has 4 aliphatic rings. The Morgan fingerprint density at radius 1 is 1.26 bits per heavy atom. The summed E-state index contributed by atoms with van der Waals surface area (Å²) in [6.45, 7) is 9.04. The molecule has 0 spiro atoms. The van der Waals surface area contributed by atoms with E-state index in [1.165, 1.54) is 31.8 Å². The first-order chi connectivity index (χ1) is 8.89. The van der Waals surface area contributed by atoms with Gasteiger partial charge in [0.2, 0.25) is 0 Å². The molecule has 2 nitrogen and oxygen atoms in total. The van der Waals surface area contributed by atoms with Gasteiger partial charge in [0.1, 0.15) is 6.61 Å². The minimum atomic E-state index is -0.190. The lowest BCUT2D eigenvalue weighted by Gasteiger charge is -2.34. The first-order valence-electron chi connectivity index (χ1n) is 7.68. The van der Waals surface area contributed by atoms with Crippen molar-refractivity contribution < 1.29 is 9.53 Å². The standard InChI is InChI=1S/C17H26O2/c1-11(10-19-12(2)18)6-5-7-16(3)13-8-14-15(9-13)17(14,16)4/h6,13-15H,5,7-10H2,1-4H3. The lowest BCUT2D eigenvalue weighted by atomic mass is 9.71. The van der Waals surface area contributed by atoms with E-state index in [-0.39, 0.29) is 5.97 Å². The molecule has 3 unspecified atom stereocenters. The SMILES string of the molecule is CC(=O)OCC(C)=CCCC1(C)C2CC3C(C2)C31C. The quantitative estimate of drug-likeness (QED) is 0.554. The van der Waals surface area contributed by atoms with Gasteiger partial charge in [0.05, 0.1) is 0 Å². The van der Waals surface area contributed by atoms with Crippen molar-refractivity contribution in [1.29, 1.82) is 0 Å². The van der Waals surface area contributed by atoms with Crippen LogP contribution in [0.3, 0.4) is 0 Å². The van der Waals surface area contributed by atoms with Gasteiger partial charge < -0.3 is 4.74 Å². The molecule has 0 aromatic rings. The molecule has 0 saturated heterocycles. The molecule has 3 atom stereocenters. The Morgan fingerprint density at radius 3 is 2.37 bits per heavy atom. The molecular weight excluding hydrogens is 236 g/mol. The maximum absolute atomic E-state index is 10.8. The minimum absolute atomic E-state index is 0.190. The number of ether oxygens (including phenoxy) is 1. The molecule has 0 aromatic carbocycles. The summed E-state index contributed by atoms with van der Waals surface area (Å²) in [5, 5.41) is 0. The van der Waals surface area contributed by atoms with E-state index in [1.54, 1.807) is 0 Å². The molecule has 0 aromatic heterocycles. The van der Waals surface area contributed by atoms with Crippen molar-refractivity contribution in [2.75, 3.05) is 6.61 Å². The summed E-state index contributed by atoms with van der Waals surface area (Å²) in [6, 6.07) is 0. The Hall–Kier alpha value is -0.790. The number of hydrogen-bond donors (Lipinski definition) is 0. The molecule has 106 valence electrons. The van der Waals surface area contributed by atoms with Gasteiger partial charge in [-0.2, -0.15) is 0 Å². The minimum Gasteiger partial charge on any atom is -0.461 e. The summed E-state index contributed by atoms with van der Waals surface area (Å²) in [6.07, 6.45) is 7.69. The summed E-state index contributed by atoms with van der Waals surface area (Å²) < 4.78 is 5.02. The van der Waals surface area contributed by atoms with Gasteiger partial charge in [0, 0.05) is 6.92 Å². The largest absolute Gasteiger partial charge is 0.461 e. The topological polar surface area (TPSA) is 26.3 Å². The van der Waals surface area contributed by atoms with Crippen LogP contribution < -0.4 is 0 Å². The van der Waals surface area contributed by atoms with Gasteiger partial charge in [0.15, 0.2) is 0 Å².